The third-order valence-electron chi connectivity index (χ3n) is 1.95. The Kier molecular flexibility index (Phi) is 3.59. The van der Waals surface area contributed by atoms with E-state index in [4.69, 9.17) is 23.1 Å². The predicted octanol–water partition coefficient (Wildman–Crippen LogP) is 2.11. The summed E-state index contributed by atoms with van der Waals surface area (Å²) in [4.78, 5) is 12.5. The zero-order valence-electron chi connectivity index (χ0n) is 8.20. The first-order valence-electron chi connectivity index (χ1n) is 4.23. The second-order valence-electron chi connectivity index (χ2n) is 3.03. The van der Waals surface area contributed by atoms with Crippen molar-refractivity contribution >= 4 is 23.3 Å². The number of anilines is 1. The highest BCUT2D eigenvalue weighted by Gasteiger charge is 2.09. The molecule has 1 aromatic rings. The number of aromatic carboxylic acids is 1. The van der Waals surface area contributed by atoms with Crippen molar-refractivity contribution in [3.05, 3.63) is 28.8 Å². The maximum absolute atomic E-state index is 10.7. The Morgan fingerprint density at radius 2 is 2.33 bits per heavy atom. The van der Waals surface area contributed by atoms with Crippen LogP contribution in [0.5, 0.6) is 0 Å². The monoisotopic (exact) mass is 223 g/mol. The fraction of sp³-hybridized carbons (Fsp3) is 0.182. The maximum Gasteiger partial charge on any atom is 0.337 e. The molecular weight excluding hydrogens is 214 g/mol. The quantitative estimate of drug-likeness (QED) is 0.798. The van der Waals surface area contributed by atoms with Gasteiger partial charge in [0, 0.05) is 12.7 Å². The summed E-state index contributed by atoms with van der Waals surface area (Å²) in [6.07, 6.45) is 5.16. The van der Waals surface area contributed by atoms with Crippen LogP contribution in [0.3, 0.4) is 0 Å². The number of nitrogens with zero attached hydrogens (tertiary/aromatic N) is 1. The molecule has 0 fully saturated rings. The van der Waals surface area contributed by atoms with Gasteiger partial charge in [-0.2, -0.15) is 0 Å². The summed E-state index contributed by atoms with van der Waals surface area (Å²) >= 11 is 5.81. The highest BCUT2D eigenvalue weighted by molar-refractivity contribution is 6.33. The van der Waals surface area contributed by atoms with E-state index in [1.165, 1.54) is 6.07 Å². The first kappa shape index (κ1) is 11.4. The highest BCUT2D eigenvalue weighted by atomic mass is 35.5. The minimum atomic E-state index is -1.04. The molecule has 0 spiro atoms. The normalized spacial score (nSPS) is 9.40. The average Bonchev–Trinajstić information content (AvgIpc) is 2.17. The van der Waals surface area contributed by atoms with Crippen LogP contribution in [0.2, 0.25) is 5.02 Å². The van der Waals surface area contributed by atoms with Gasteiger partial charge in [0.2, 0.25) is 0 Å². The smallest absolute Gasteiger partial charge is 0.337 e. The van der Waals surface area contributed by atoms with Gasteiger partial charge in [0.1, 0.15) is 0 Å². The summed E-state index contributed by atoms with van der Waals surface area (Å²) in [5.74, 6) is 1.45. The van der Waals surface area contributed by atoms with Gasteiger partial charge in [0.15, 0.2) is 0 Å². The van der Waals surface area contributed by atoms with Crippen molar-refractivity contribution in [2.24, 2.45) is 0 Å². The molecule has 3 nitrogen and oxygen atoms in total. The summed E-state index contributed by atoms with van der Waals surface area (Å²) in [5.41, 5.74) is 0.887. The van der Waals surface area contributed by atoms with Gasteiger partial charge in [0.05, 0.1) is 17.1 Å². The number of hydrogen-bond acceptors (Lipinski definition) is 2. The van der Waals surface area contributed by atoms with Gasteiger partial charge in [-0.15, -0.1) is 6.42 Å². The molecule has 0 unspecified atom stereocenters. The number of hydrogen-bond donors (Lipinski definition) is 1. The van der Waals surface area contributed by atoms with E-state index in [1.54, 1.807) is 17.0 Å². The number of benzene rings is 1. The zero-order valence-corrected chi connectivity index (χ0v) is 8.95. The number of halogens is 1. The molecule has 1 aromatic carbocycles. The molecule has 0 aliphatic heterocycles. The molecule has 0 saturated carbocycles. The van der Waals surface area contributed by atoms with E-state index in [-0.39, 0.29) is 10.6 Å². The van der Waals surface area contributed by atoms with Gasteiger partial charge in [-0.05, 0) is 18.2 Å². The van der Waals surface area contributed by atoms with Crippen molar-refractivity contribution in [1.29, 1.82) is 0 Å². The first-order chi connectivity index (χ1) is 7.06. The van der Waals surface area contributed by atoms with Crippen molar-refractivity contribution in [3.63, 3.8) is 0 Å². The van der Waals surface area contributed by atoms with E-state index in [0.29, 0.717) is 6.54 Å². The van der Waals surface area contributed by atoms with Gasteiger partial charge < -0.3 is 10.0 Å². The molecule has 0 saturated heterocycles. The lowest BCUT2D eigenvalue weighted by Crippen LogP contribution is -2.17. The lowest BCUT2D eigenvalue weighted by molar-refractivity contribution is 0.0697. The van der Waals surface area contributed by atoms with Crippen LogP contribution in [0.4, 0.5) is 5.69 Å². The fourth-order valence-electron chi connectivity index (χ4n) is 1.14. The third kappa shape index (κ3) is 2.64. The molecule has 4 heteroatoms. The predicted molar refractivity (Wildman–Crippen MR) is 60.5 cm³/mol. The SMILES string of the molecule is C#CCN(C)c1ccc(C(=O)O)c(Cl)c1. The Morgan fingerprint density at radius 3 is 2.80 bits per heavy atom. The molecule has 0 bridgehead atoms. The molecular formula is C11H10ClNO2. The zero-order chi connectivity index (χ0) is 11.4. The lowest BCUT2D eigenvalue weighted by Gasteiger charge is -2.16. The minimum Gasteiger partial charge on any atom is -0.478 e. The summed E-state index contributed by atoms with van der Waals surface area (Å²) in [6.45, 7) is 0.447. The van der Waals surface area contributed by atoms with Crippen LogP contribution in [0.15, 0.2) is 18.2 Å². The van der Waals surface area contributed by atoms with E-state index >= 15 is 0 Å². The van der Waals surface area contributed by atoms with Crippen LogP contribution in [-0.2, 0) is 0 Å². The molecule has 78 valence electrons. The Bertz CT molecular complexity index is 423. The van der Waals surface area contributed by atoms with E-state index in [2.05, 4.69) is 5.92 Å². The second-order valence-corrected chi connectivity index (χ2v) is 3.44. The number of terminal acetylenes is 1. The van der Waals surface area contributed by atoms with E-state index < -0.39 is 5.97 Å². The first-order valence-corrected chi connectivity index (χ1v) is 4.61. The molecule has 1 N–H and O–H groups in total. The van der Waals surface area contributed by atoms with Gasteiger partial charge in [-0.25, -0.2) is 4.79 Å². The Morgan fingerprint density at radius 1 is 1.67 bits per heavy atom. The van der Waals surface area contributed by atoms with Crippen LogP contribution in [0, 0.1) is 12.3 Å². The van der Waals surface area contributed by atoms with Crippen LogP contribution in [-0.4, -0.2) is 24.7 Å². The van der Waals surface area contributed by atoms with Gasteiger partial charge in [-0.1, -0.05) is 17.5 Å². The number of carboxylic acid groups (broad SMARTS) is 1. The number of carbonyl (C=O) groups is 1. The van der Waals surface area contributed by atoms with Crippen molar-refractivity contribution in [3.8, 4) is 12.3 Å². The standard InChI is InChI=1S/C11H10ClNO2/c1-3-6-13(2)8-4-5-9(11(14)15)10(12)7-8/h1,4-5,7H,6H2,2H3,(H,14,15). The molecule has 0 aliphatic carbocycles. The summed E-state index contributed by atoms with van der Waals surface area (Å²) in [5, 5.41) is 8.98. The highest BCUT2D eigenvalue weighted by Crippen LogP contribution is 2.22. The van der Waals surface area contributed by atoms with Gasteiger partial charge >= 0.3 is 5.97 Å². The molecule has 0 aliphatic rings. The second kappa shape index (κ2) is 4.72. The Labute approximate surface area is 93.3 Å². The van der Waals surface area contributed by atoms with Crippen molar-refractivity contribution in [2.45, 2.75) is 0 Å². The van der Waals surface area contributed by atoms with Crippen molar-refractivity contribution in [1.82, 2.24) is 0 Å². The van der Waals surface area contributed by atoms with Crippen molar-refractivity contribution in [2.75, 3.05) is 18.5 Å². The molecule has 0 radical (unpaired) electrons. The molecule has 1 rings (SSSR count). The molecule has 0 heterocycles. The summed E-state index contributed by atoms with van der Waals surface area (Å²) in [6, 6.07) is 4.72. The summed E-state index contributed by atoms with van der Waals surface area (Å²) < 4.78 is 0. The van der Waals surface area contributed by atoms with E-state index in [1.807, 2.05) is 7.05 Å². The minimum absolute atomic E-state index is 0.0922. The Balaban J connectivity index is 3.02. The molecule has 0 amide bonds. The van der Waals surface area contributed by atoms with Gasteiger partial charge in [-0.3, -0.25) is 0 Å². The van der Waals surface area contributed by atoms with Crippen LogP contribution < -0.4 is 4.90 Å². The topological polar surface area (TPSA) is 40.5 Å². The van der Waals surface area contributed by atoms with Gasteiger partial charge in [0.25, 0.3) is 0 Å². The fourth-order valence-corrected chi connectivity index (χ4v) is 1.40. The number of rotatable bonds is 3. The largest absolute Gasteiger partial charge is 0.478 e. The third-order valence-corrected chi connectivity index (χ3v) is 2.27. The van der Waals surface area contributed by atoms with Crippen molar-refractivity contribution < 1.29 is 9.90 Å². The van der Waals surface area contributed by atoms with Crippen LogP contribution >= 0.6 is 11.6 Å². The lowest BCUT2D eigenvalue weighted by atomic mass is 10.2. The van der Waals surface area contributed by atoms with Crippen LogP contribution in [0.25, 0.3) is 0 Å². The average molecular weight is 224 g/mol. The molecule has 0 aromatic heterocycles. The maximum atomic E-state index is 10.7. The molecule has 15 heavy (non-hydrogen) atoms. The Hall–Kier alpha value is -1.66. The van der Waals surface area contributed by atoms with Crippen LogP contribution in [0.1, 0.15) is 10.4 Å². The summed E-state index contributed by atoms with van der Waals surface area (Å²) in [7, 11) is 1.81. The van der Waals surface area contributed by atoms with E-state index in [0.717, 1.165) is 5.69 Å². The van der Waals surface area contributed by atoms with E-state index in [9.17, 15) is 4.79 Å². The number of carboxylic acids is 1. The molecule has 0 atom stereocenters.